The summed E-state index contributed by atoms with van der Waals surface area (Å²) in [6, 6.07) is 9.10. The Morgan fingerprint density at radius 1 is 1.19 bits per heavy atom. The van der Waals surface area contributed by atoms with Crippen LogP contribution in [0.4, 0.5) is 0 Å². The van der Waals surface area contributed by atoms with Gasteiger partial charge in [0.2, 0.25) is 5.91 Å². The van der Waals surface area contributed by atoms with E-state index in [1.807, 2.05) is 4.90 Å². The van der Waals surface area contributed by atoms with Crippen molar-refractivity contribution in [1.82, 2.24) is 15.1 Å². The molecule has 1 N–H and O–H groups in total. The topological polar surface area (TPSA) is 35.6 Å². The second-order valence-corrected chi connectivity index (χ2v) is 6.27. The number of aryl methyl sites for hydroxylation is 1. The summed E-state index contributed by atoms with van der Waals surface area (Å²) in [5.74, 6) is 0.252. The van der Waals surface area contributed by atoms with Crippen LogP contribution in [0.1, 0.15) is 17.5 Å². The number of carbonyl (C=O) groups is 1. The molecule has 2 aliphatic rings. The van der Waals surface area contributed by atoms with Crippen LogP contribution in [0.15, 0.2) is 24.3 Å². The predicted octanol–water partition coefficient (Wildman–Crippen LogP) is 0.908. The Hall–Kier alpha value is -1.39. The maximum Gasteiger partial charge on any atom is 0.236 e. The molecular formula is C17H25N3O. The van der Waals surface area contributed by atoms with Crippen molar-refractivity contribution in [2.45, 2.75) is 25.3 Å². The molecule has 1 heterocycles. The minimum Gasteiger partial charge on any atom is -0.339 e. The molecule has 0 bridgehead atoms. The lowest BCUT2D eigenvalue weighted by Crippen LogP contribution is -2.50. The highest BCUT2D eigenvalue weighted by Gasteiger charge is 2.22. The number of amides is 1. The van der Waals surface area contributed by atoms with Gasteiger partial charge in [0.1, 0.15) is 0 Å². The van der Waals surface area contributed by atoms with Gasteiger partial charge in [0, 0.05) is 32.2 Å². The smallest absolute Gasteiger partial charge is 0.236 e. The van der Waals surface area contributed by atoms with E-state index >= 15 is 0 Å². The average Bonchev–Trinajstić information content (AvgIpc) is 2.53. The Morgan fingerprint density at radius 2 is 1.90 bits per heavy atom. The highest BCUT2D eigenvalue weighted by atomic mass is 16.2. The zero-order valence-electron chi connectivity index (χ0n) is 12.8. The third-order valence-corrected chi connectivity index (χ3v) is 4.74. The summed E-state index contributed by atoms with van der Waals surface area (Å²) in [5.41, 5.74) is 2.91. The van der Waals surface area contributed by atoms with Gasteiger partial charge in [-0.1, -0.05) is 24.3 Å². The first-order valence-corrected chi connectivity index (χ1v) is 7.99. The normalized spacial score (nSPS) is 22.9. The van der Waals surface area contributed by atoms with Crippen LogP contribution in [0.5, 0.6) is 0 Å². The Kier molecular flexibility index (Phi) is 4.56. The lowest BCUT2D eigenvalue weighted by Gasteiger charge is -2.33. The number of nitrogens with zero attached hydrogens (tertiary/aromatic N) is 2. The Balaban J connectivity index is 1.47. The fourth-order valence-electron chi connectivity index (χ4n) is 3.27. The van der Waals surface area contributed by atoms with E-state index in [-0.39, 0.29) is 5.91 Å². The van der Waals surface area contributed by atoms with Gasteiger partial charge in [0.05, 0.1) is 6.54 Å². The summed E-state index contributed by atoms with van der Waals surface area (Å²) >= 11 is 0. The molecule has 0 spiro atoms. The number of nitrogens with one attached hydrogen (secondary N) is 1. The molecule has 1 fully saturated rings. The van der Waals surface area contributed by atoms with Crippen LogP contribution >= 0.6 is 0 Å². The van der Waals surface area contributed by atoms with Crippen molar-refractivity contribution in [3.05, 3.63) is 35.4 Å². The van der Waals surface area contributed by atoms with Crippen molar-refractivity contribution < 1.29 is 4.79 Å². The van der Waals surface area contributed by atoms with E-state index in [4.69, 9.17) is 0 Å². The third-order valence-electron chi connectivity index (χ3n) is 4.74. The highest BCUT2D eigenvalue weighted by molar-refractivity contribution is 5.78. The maximum absolute atomic E-state index is 12.2. The maximum atomic E-state index is 12.2. The van der Waals surface area contributed by atoms with Gasteiger partial charge < -0.3 is 15.1 Å². The quantitative estimate of drug-likeness (QED) is 0.897. The van der Waals surface area contributed by atoms with Crippen molar-refractivity contribution in [3.8, 4) is 0 Å². The number of fused-ring (bicyclic) bond motifs is 1. The molecule has 1 aromatic rings. The molecule has 4 heteroatoms. The Morgan fingerprint density at radius 3 is 2.67 bits per heavy atom. The number of rotatable bonds is 3. The molecule has 1 aliphatic carbocycles. The molecule has 1 saturated heterocycles. The number of hydrogen-bond acceptors (Lipinski definition) is 3. The Bertz CT molecular complexity index is 495. The summed E-state index contributed by atoms with van der Waals surface area (Å²) in [6.07, 6.45) is 3.30. The summed E-state index contributed by atoms with van der Waals surface area (Å²) in [6.45, 7) is 4.19. The van der Waals surface area contributed by atoms with Crippen LogP contribution in [0, 0.1) is 0 Å². The number of benzene rings is 1. The van der Waals surface area contributed by atoms with Gasteiger partial charge in [-0.3, -0.25) is 4.79 Å². The first kappa shape index (κ1) is 14.5. The number of carbonyl (C=O) groups excluding carboxylic acids is 1. The van der Waals surface area contributed by atoms with Crippen LogP contribution in [0.25, 0.3) is 0 Å². The number of piperazine rings is 1. The summed E-state index contributed by atoms with van der Waals surface area (Å²) in [4.78, 5) is 16.5. The van der Waals surface area contributed by atoms with Gasteiger partial charge in [-0.05, 0) is 37.4 Å². The summed E-state index contributed by atoms with van der Waals surface area (Å²) in [5, 5.41) is 3.47. The largest absolute Gasteiger partial charge is 0.339 e. The molecule has 21 heavy (non-hydrogen) atoms. The first-order valence-electron chi connectivity index (χ1n) is 7.99. The van der Waals surface area contributed by atoms with Gasteiger partial charge in [0.25, 0.3) is 0 Å². The molecule has 114 valence electrons. The van der Waals surface area contributed by atoms with Crippen LogP contribution in [0.3, 0.4) is 0 Å². The number of likely N-dealkylation sites (N-methyl/N-ethyl adjacent to an activating group) is 1. The van der Waals surface area contributed by atoms with Gasteiger partial charge in [0.15, 0.2) is 0 Å². The van der Waals surface area contributed by atoms with E-state index in [2.05, 4.69) is 41.5 Å². The molecule has 0 radical (unpaired) electrons. The van der Waals surface area contributed by atoms with E-state index < -0.39 is 0 Å². The van der Waals surface area contributed by atoms with Crippen molar-refractivity contribution in [3.63, 3.8) is 0 Å². The third kappa shape index (κ3) is 3.63. The van der Waals surface area contributed by atoms with E-state index in [0.29, 0.717) is 12.6 Å². The van der Waals surface area contributed by atoms with E-state index in [0.717, 1.165) is 45.4 Å². The summed E-state index contributed by atoms with van der Waals surface area (Å²) in [7, 11) is 2.11. The van der Waals surface area contributed by atoms with E-state index in [1.54, 1.807) is 0 Å². The van der Waals surface area contributed by atoms with Crippen molar-refractivity contribution in [1.29, 1.82) is 0 Å². The van der Waals surface area contributed by atoms with Crippen molar-refractivity contribution in [2.75, 3.05) is 39.8 Å². The lowest BCUT2D eigenvalue weighted by atomic mass is 9.88. The molecule has 3 rings (SSSR count). The van der Waals surface area contributed by atoms with Gasteiger partial charge in [-0.2, -0.15) is 0 Å². The van der Waals surface area contributed by atoms with Crippen molar-refractivity contribution in [2.24, 2.45) is 0 Å². The molecular weight excluding hydrogens is 262 g/mol. The molecule has 4 nitrogen and oxygen atoms in total. The average molecular weight is 287 g/mol. The van der Waals surface area contributed by atoms with E-state index in [9.17, 15) is 4.79 Å². The van der Waals surface area contributed by atoms with Crippen molar-refractivity contribution >= 4 is 5.91 Å². The van der Waals surface area contributed by atoms with Gasteiger partial charge in [-0.15, -0.1) is 0 Å². The zero-order chi connectivity index (χ0) is 14.7. The lowest BCUT2D eigenvalue weighted by molar-refractivity contribution is -0.131. The highest BCUT2D eigenvalue weighted by Crippen LogP contribution is 2.20. The number of hydrogen-bond donors (Lipinski definition) is 1. The second-order valence-electron chi connectivity index (χ2n) is 6.27. The standard InChI is InChI=1S/C17H25N3O/c1-19-8-10-20(11-9-19)17(21)13-18-16-7-6-14-4-2-3-5-15(14)12-16/h2-5,16,18H,6-13H2,1H3. The minimum absolute atomic E-state index is 0.252. The van der Waals surface area contributed by atoms with Crippen LogP contribution < -0.4 is 5.32 Å². The van der Waals surface area contributed by atoms with Crippen LogP contribution in [0.2, 0.25) is 0 Å². The SMILES string of the molecule is CN1CCN(C(=O)CNC2CCc3ccccc3C2)CC1. The minimum atomic E-state index is 0.252. The fourth-order valence-corrected chi connectivity index (χ4v) is 3.27. The monoisotopic (exact) mass is 287 g/mol. The molecule has 1 aromatic carbocycles. The molecule has 0 saturated carbocycles. The second kappa shape index (κ2) is 6.58. The summed E-state index contributed by atoms with van der Waals surface area (Å²) < 4.78 is 0. The first-order chi connectivity index (χ1) is 10.2. The molecule has 1 aliphatic heterocycles. The predicted molar refractivity (Wildman–Crippen MR) is 84.3 cm³/mol. The fraction of sp³-hybridized carbons (Fsp3) is 0.588. The zero-order valence-corrected chi connectivity index (χ0v) is 12.8. The van der Waals surface area contributed by atoms with Crippen LogP contribution in [-0.2, 0) is 17.6 Å². The molecule has 1 amide bonds. The molecule has 1 unspecified atom stereocenters. The Labute approximate surface area is 127 Å². The molecule has 1 atom stereocenters. The van der Waals surface area contributed by atoms with Gasteiger partial charge in [-0.25, -0.2) is 0 Å². The van der Waals surface area contributed by atoms with Crippen LogP contribution in [-0.4, -0.2) is 61.5 Å². The van der Waals surface area contributed by atoms with E-state index in [1.165, 1.54) is 11.1 Å². The van der Waals surface area contributed by atoms with Gasteiger partial charge >= 0.3 is 0 Å². The molecule has 0 aromatic heterocycles.